The van der Waals surface area contributed by atoms with Gasteiger partial charge in [-0.05, 0) is 60.6 Å². The van der Waals surface area contributed by atoms with E-state index in [4.69, 9.17) is 9.72 Å². The van der Waals surface area contributed by atoms with Gasteiger partial charge in [-0.15, -0.1) is 0 Å². The van der Waals surface area contributed by atoms with Gasteiger partial charge < -0.3 is 15.2 Å². The Morgan fingerprint density at radius 1 is 1.31 bits per heavy atom. The van der Waals surface area contributed by atoms with Crippen molar-refractivity contribution < 1.29 is 19.0 Å². The lowest BCUT2D eigenvalue weighted by Crippen LogP contribution is -2.14. The van der Waals surface area contributed by atoms with Crippen molar-refractivity contribution in [2.24, 2.45) is 0 Å². The van der Waals surface area contributed by atoms with Crippen LogP contribution in [0.5, 0.6) is 5.75 Å². The summed E-state index contributed by atoms with van der Waals surface area (Å²) in [5.74, 6) is -0.830. The lowest BCUT2D eigenvalue weighted by Gasteiger charge is -2.17. The Morgan fingerprint density at radius 3 is 2.97 bits per heavy atom. The maximum Gasteiger partial charge on any atom is 0.304 e. The van der Waals surface area contributed by atoms with Crippen LogP contribution in [0.2, 0.25) is 0 Å². The van der Waals surface area contributed by atoms with E-state index in [0.29, 0.717) is 12.1 Å². The van der Waals surface area contributed by atoms with Gasteiger partial charge in [-0.25, -0.2) is 9.37 Å². The van der Waals surface area contributed by atoms with Gasteiger partial charge in [-0.2, -0.15) is 5.10 Å². The van der Waals surface area contributed by atoms with Gasteiger partial charge in [0.15, 0.2) is 11.6 Å². The molecule has 0 radical (unpaired) electrons. The zero-order valence-electron chi connectivity index (χ0n) is 18.1. The molecular weight excluding hydrogens is 411 g/mol. The zero-order valence-corrected chi connectivity index (χ0v) is 18.1. The second kappa shape index (κ2) is 9.80. The fourth-order valence-electron chi connectivity index (χ4n) is 4.11. The first-order valence-corrected chi connectivity index (χ1v) is 10.8. The Hall–Kier alpha value is -3.42. The van der Waals surface area contributed by atoms with E-state index in [-0.39, 0.29) is 12.2 Å². The van der Waals surface area contributed by atoms with E-state index in [9.17, 15) is 14.3 Å². The maximum atomic E-state index is 14.2. The van der Waals surface area contributed by atoms with Crippen molar-refractivity contribution >= 4 is 11.8 Å². The number of carboxylic acid groups (broad SMARTS) is 1. The molecule has 0 saturated carbocycles. The quantitative estimate of drug-likeness (QED) is 0.525. The van der Waals surface area contributed by atoms with Crippen molar-refractivity contribution in [2.45, 2.75) is 44.6 Å². The molecule has 0 spiro atoms. The number of aliphatic carboxylic acids is 1. The molecular formula is C24H27FN4O3. The summed E-state index contributed by atoms with van der Waals surface area (Å²) in [4.78, 5) is 16.2. The second-order valence-corrected chi connectivity index (χ2v) is 8.03. The van der Waals surface area contributed by atoms with E-state index in [1.54, 1.807) is 16.9 Å². The number of anilines is 1. The van der Waals surface area contributed by atoms with Crippen LogP contribution < -0.4 is 10.1 Å². The van der Waals surface area contributed by atoms with Crippen molar-refractivity contribution in [3.05, 3.63) is 70.9 Å². The first-order chi connectivity index (χ1) is 15.5. The number of hydrogen-bond acceptors (Lipinski definition) is 5. The molecule has 2 aromatic heterocycles. The van der Waals surface area contributed by atoms with Gasteiger partial charge in [0.25, 0.3) is 0 Å². The summed E-state index contributed by atoms with van der Waals surface area (Å²) < 4.78 is 21.0. The molecule has 1 aliphatic rings. The maximum absolute atomic E-state index is 14.2. The average molecular weight is 439 g/mol. The number of ether oxygens (including phenoxy) is 1. The Bertz CT molecular complexity index is 1100. The summed E-state index contributed by atoms with van der Waals surface area (Å²) in [5.41, 5.74) is 3.64. The van der Waals surface area contributed by atoms with Gasteiger partial charge >= 0.3 is 5.97 Å². The normalized spacial score (nSPS) is 13.8. The largest absolute Gasteiger partial charge is 0.494 e. The topological polar surface area (TPSA) is 89.3 Å². The highest BCUT2D eigenvalue weighted by atomic mass is 19.1. The van der Waals surface area contributed by atoms with E-state index in [1.807, 2.05) is 6.20 Å². The Kier molecular flexibility index (Phi) is 6.68. The number of hydrogen-bond donors (Lipinski definition) is 2. The molecule has 0 bridgehead atoms. The Morgan fingerprint density at radius 2 is 2.19 bits per heavy atom. The highest BCUT2D eigenvalue weighted by Crippen LogP contribution is 2.31. The second-order valence-electron chi connectivity index (χ2n) is 8.03. The lowest BCUT2D eigenvalue weighted by molar-refractivity contribution is -0.137. The highest BCUT2D eigenvalue weighted by Gasteiger charge is 2.21. The van der Waals surface area contributed by atoms with Gasteiger partial charge in [-0.1, -0.05) is 12.1 Å². The minimum Gasteiger partial charge on any atom is -0.494 e. The van der Waals surface area contributed by atoms with Crippen molar-refractivity contribution in [1.29, 1.82) is 0 Å². The van der Waals surface area contributed by atoms with E-state index in [2.05, 4.69) is 22.5 Å². The predicted molar refractivity (Wildman–Crippen MR) is 119 cm³/mol. The number of aryl methyl sites for hydroxylation is 3. The van der Waals surface area contributed by atoms with Crippen LogP contribution in [0.3, 0.4) is 0 Å². The van der Waals surface area contributed by atoms with Crippen molar-refractivity contribution in [3.8, 4) is 5.75 Å². The molecule has 3 aromatic rings. The molecule has 3 heterocycles. The molecule has 0 amide bonds. The number of pyridine rings is 1. The van der Waals surface area contributed by atoms with Crippen LogP contribution in [0, 0.1) is 5.82 Å². The molecule has 0 saturated heterocycles. The first kappa shape index (κ1) is 21.8. The third-order valence-electron chi connectivity index (χ3n) is 5.78. The molecule has 1 unspecified atom stereocenters. The van der Waals surface area contributed by atoms with Crippen LogP contribution in [0.25, 0.3) is 0 Å². The number of halogens is 1. The smallest absolute Gasteiger partial charge is 0.304 e. The van der Waals surface area contributed by atoms with Gasteiger partial charge in [0.2, 0.25) is 0 Å². The van der Waals surface area contributed by atoms with E-state index in [1.165, 1.54) is 24.8 Å². The number of rotatable bonds is 9. The first-order valence-electron chi connectivity index (χ1n) is 10.8. The van der Waals surface area contributed by atoms with Crippen molar-refractivity contribution in [3.63, 3.8) is 0 Å². The number of nitrogens with zero attached hydrogens (tertiary/aromatic N) is 3. The van der Waals surface area contributed by atoms with E-state index < -0.39 is 17.7 Å². The molecule has 1 atom stereocenters. The number of carboxylic acids is 1. The summed E-state index contributed by atoms with van der Waals surface area (Å²) in [6.07, 6.45) is 7.25. The number of carbonyl (C=O) groups is 1. The van der Waals surface area contributed by atoms with E-state index in [0.717, 1.165) is 49.3 Å². The summed E-state index contributed by atoms with van der Waals surface area (Å²) >= 11 is 0. The van der Waals surface area contributed by atoms with Crippen LogP contribution >= 0.6 is 0 Å². The summed E-state index contributed by atoms with van der Waals surface area (Å²) in [6.45, 7) is 1.65. The highest BCUT2D eigenvalue weighted by molar-refractivity contribution is 5.69. The summed E-state index contributed by atoms with van der Waals surface area (Å²) in [7, 11) is 1.40. The van der Waals surface area contributed by atoms with Crippen LogP contribution in [0.1, 0.15) is 47.6 Å². The average Bonchev–Trinajstić information content (AvgIpc) is 3.26. The molecule has 7 nitrogen and oxygen atoms in total. The van der Waals surface area contributed by atoms with Gasteiger partial charge in [-0.3, -0.25) is 9.48 Å². The van der Waals surface area contributed by atoms with Crippen LogP contribution in [0.15, 0.2) is 42.7 Å². The summed E-state index contributed by atoms with van der Waals surface area (Å²) in [6, 6.07) is 8.79. The molecule has 0 aliphatic carbocycles. The fourth-order valence-corrected chi connectivity index (χ4v) is 4.11. The number of aromatic nitrogens is 3. The van der Waals surface area contributed by atoms with Gasteiger partial charge in [0.1, 0.15) is 5.82 Å². The molecule has 0 fully saturated rings. The third kappa shape index (κ3) is 5.07. The molecule has 1 aromatic carbocycles. The fraction of sp³-hybridized carbons (Fsp3) is 0.375. The Balaban J connectivity index is 1.42. The number of nitrogens with one attached hydrogen (secondary N) is 1. The summed E-state index contributed by atoms with van der Waals surface area (Å²) in [5, 5.41) is 17.1. The Labute approximate surface area is 186 Å². The predicted octanol–water partition coefficient (Wildman–Crippen LogP) is 4.02. The van der Waals surface area contributed by atoms with Crippen LogP contribution in [0.4, 0.5) is 10.2 Å². The van der Waals surface area contributed by atoms with Gasteiger partial charge in [0, 0.05) is 30.9 Å². The molecule has 168 valence electrons. The van der Waals surface area contributed by atoms with Crippen LogP contribution in [-0.2, 0) is 24.2 Å². The molecule has 32 heavy (non-hydrogen) atoms. The number of benzene rings is 1. The minimum atomic E-state index is -0.953. The van der Waals surface area contributed by atoms with Crippen molar-refractivity contribution in [1.82, 2.24) is 14.8 Å². The monoisotopic (exact) mass is 438 g/mol. The molecule has 1 aliphatic heterocycles. The molecule has 2 N–H and O–H groups in total. The molecule has 4 rings (SSSR count). The lowest BCUT2D eigenvalue weighted by atomic mass is 9.90. The molecule has 8 heteroatoms. The SMILES string of the molecule is COc1ccc(C(CC(=O)O)c2cnn(CCCc3ccc4c(n3)NCCC4)c2)cc1F. The number of fused-ring (bicyclic) bond motifs is 1. The number of methoxy groups -OCH3 is 1. The zero-order chi connectivity index (χ0) is 22.5. The third-order valence-corrected chi connectivity index (χ3v) is 5.78. The minimum absolute atomic E-state index is 0.129. The van der Waals surface area contributed by atoms with Crippen LogP contribution in [-0.4, -0.2) is 39.5 Å². The van der Waals surface area contributed by atoms with E-state index >= 15 is 0 Å². The van der Waals surface area contributed by atoms with Crippen molar-refractivity contribution in [2.75, 3.05) is 19.0 Å². The standard InChI is InChI=1S/C24H27FN4O3/c1-32-22-9-7-17(12-21(22)25)20(13-23(30)31)18-14-27-29(15-18)11-3-5-19-8-6-16-4-2-10-26-24(16)28-19/h6-9,12,14-15,20H,2-5,10-11,13H2,1H3,(H,26,28)(H,30,31). The van der Waals surface area contributed by atoms with Gasteiger partial charge in [0.05, 0.1) is 19.7 Å².